The van der Waals surface area contributed by atoms with E-state index in [0.717, 1.165) is 72.8 Å². The molecule has 0 aromatic heterocycles. The molecule has 0 amide bonds. The Bertz CT molecular complexity index is 2860. The molecule has 0 unspecified atom stereocenters. The van der Waals surface area contributed by atoms with Gasteiger partial charge in [0.2, 0.25) is 0 Å². The van der Waals surface area contributed by atoms with E-state index in [1.807, 2.05) is 0 Å². The van der Waals surface area contributed by atoms with Gasteiger partial charge in [0.15, 0.2) is 0 Å². The molecule has 0 heterocycles. The molecule has 18 nitrogen and oxygen atoms in total. The summed E-state index contributed by atoms with van der Waals surface area (Å²) < 4.78 is 206. The van der Waals surface area contributed by atoms with Crippen molar-refractivity contribution in [3.63, 3.8) is 0 Å². The summed E-state index contributed by atoms with van der Waals surface area (Å²) in [6.45, 7) is 0. The van der Waals surface area contributed by atoms with Crippen molar-refractivity contribution in [2.75, 3.05) is 0 Å². The topological polar surface area (TPSA) is 343 Å². The molecule has 0 N–H and O–H groups in total. The summed E-state index contributed by atoms with van der Waals surface area (Å²) in [7, 11) is -22.8. The van der Waals surface area contributed by atoms with Gasteiger partial charge in [0, 0.05) is 0 Å². The number of halogens is 2. The average molecular weight is 1400 g/mol. The first-order valence-corrected chi connectivity index (χ1v) is 33.5. The fourth-order valence-electron chi connectivity index (χ4n) is 5.56. The van der Waals surface area contributed by atoms with Crippen molar-refractivity contribution in [1.82, 2.24) is 0 Å². The molecule has 0 aliphatic carbocycles. The molecular weight excluding hydrogens is 1380 g/mol. The van der Waals surface area contributed by atoms with Gasteiger partial charge >= 0.3 is 213 Å². The van der Waals surface area contributed by atoms with Crippen molar-refractivity contribution in [2.45, 2.75) is 29.4 Å². The molecule has 0 fully saturated rings. The van der Waals surface area contributed by atoms with E-state index in [0.29, 0.717) is 0 Å². The van der Waals surface area contributed by atoms with Gasteiger partial charge in [-0.1, -0.05) is 72.8 Å². The molecule has 6 aromatic carbocycles. The van der Waals surface area contributed by atoms with Gasteiger partial charge in [-0.05, 0) is 120 Å². The van der Waals surface area contributed by atoms with Crippen LogP contribution in [0, 0.1) is 0 Å². The molecule has 0 radical (unpaired) electrons. The molecule has 0 saturated heterocycles. The van der Waals surface area contributed by atoms with Crippen LogP contribution in [-0.4, -0.2) is 77.8 Å². The van der Waals surface area contributed by atoms with Crippen molar-refractivity contribution in [3.05, 3.63) is 146 Å². The molecule has 352 valence electrons. The Morgan fingerprint density at radius 1 is 0.282 bits per heavy atom. The van der Waals surface area contributed by atoms with Crippen molar-refractivity contribution in [1.29, 1.82) is 0 Å². The average Bonchev–Trinajstić information content (AvgIpc) is 3.21. The Kier molecular flexibility index (Phi) is 37.0. The molecule has 6 rings (SSSR count). The van der Waals surface area contributed by atoms with Crippen LogP contribution >= 0.6 is 34.7 Å². The first-order chi connectivity index (χ1) is 29.9. The fourth-order valence-corrected chi connectivity index (χ4v) is 14.0. The first kappa shape index (κ1) is 78.1. The zero-order valence-corrected chi connectivity index (χ0v) is 60.1. The van der Waals surface area contributed by atoms with Gasteiger partial charge in [-0.2, -0.15) is 0 Å². The van der Waals surface area contributed by atoms with E-state index < -0.39 is 122 Å². The van der Waals surface area contributed by atoms with E-state index in [2.05, 4.69) is 0 Å². The van der Waals surface area contributed by atoms with E-state index in [1.165, 1.54) is 72.8 Å². The van der Waals surface area contributed by atoms with Crippen LogP contribution in [0.4, 0.5) is 0 Å². The predicted octanol–water partition coefficient (Wildman–Crippen LogP) is -16.3. The van der Waals surface area contributed by atoms with Crippen LogP contribution in [0.1, 0.15) is 0 Å². The Labute approximate surface area is 563 Å². The quantitative estimate of drug-likeness (QED) is 0.0624. The Morgan fingerprint density at radius 3 is 0.493 bits per heavy atom. The van der Waals surface area contributed by atoms with Gasteiger partial charge in [0.1, 0.15) is 60.7 Å². The van der Waals surface area contributed by atoms with E-state index in [4.69, 9.17) is 18.8 Å². The van der Waals surface area contributed by atoms with E-state index in [-0.39, 0.29) is 209 Å². The monoisotopic (exact) mass is 1400 g/mol. The third-order valence-electron chi connectivity index (χ3n) is 8.19. The van der Waals surface area contributed by atoms with Gasteiger partial charge in [-0.15, -0.1) is 0 Å². The molecule has 0 aliphatic heterocycles. The molecule has 0 spiro atoms. The summed E-state index contributed by atoms with van der Waals surface area (Å²) in [5.74, 6) is 0. The minimum absolute atomic E-state index is 0. The van der Waals surface area contributed by atoms with E-state index in [9.17, 15) is 77.8 Å². The number of hydrogen-bond acceptors (Lipinski definition) is 18. The molecule has 35 heteroatoms. The summed E-state index contributed by atoms with van der Waals surface area (Å²) in [6.07, 6.45) is 0. The summed E-state index contributed by atoms with van der Waals surface area (Å²) in [5.41, 5.74) is 0. The van der Waals surface area contributed by atoms with Gasteiger partial charge in [-0.25, -0.2) is 50.5 Å². The Morgan fingerprint density at radius 2 is 0.394 bits per heavy atom. The van der Waals surface area contributed by atoms with E-state index in [1.54, 1.807) is 0 Å². The van der Waals surface area contributed by atoms with Gasteiger partial charge in [0.25, 0.3) is 0 Å². The minimum atomic E-state index is -4.82. The summed E-state index contributed by atoms with van der Waals surface area (Å²) >= 11 is -0.472. The maximum absolute atomic E-state index is 11.5. The van der Waals surface area contributed by atoms with Gasteiger partial charge < -0.3 is 27.3 Å². The number of benzene rings is 6. The molecule has 0 bridgehead atoms. The van der Waals surface area contributed by atoms with Crippen molar-refractivity contribution < 1.29 is 272 Å². The fraction of sp³-hybridized carbons (Fsp3) is 0. The van der Waals surface area contributed by atoms with Crippen molar-refractivity contribution in [2.24, 2.45) is 0 Å². The number of rotatable bonds is 12. The normalized spacial score (nSPS) is 11.5. The second kappa shape index (κ2) is 33.6. The van der Waals surface area contributed by atoms with Gasteiger partial charge in [-0.3, -0.25) is 0 Å². The second-order valence-electron chi connectivity index (χ2n) is 12.4. The Balaban J connectivity index is -0.00000114. The van der Waals surface area contributed by atoms with Crippen LogP contribution < -0.4 is 209 Å². The molecular formula is C36H24Cl2Na6O18P2PtS6. The third kappa shape index (κ3) is 24.3. The summed E-state index contributed by atoms with van der Waals surface area (Å²) in [4.78, 5) is -3.26. The summed E-state index contributed by atoms with van der Waals surface area (Å²) in [6, 6.07) is 29.6. The zero-order chi connectivity index (χ0) is 48.8. The Hall–Kier alpha value is 2.91. The molecule has 71 heavy (non-hydrogen) atoms. The standard InChI is InChI=1S/2C18H15O9PS3.2ClH.6Na.Pt/c2*19-29(20,21)16-7-1-4-13(10-16)28(14-5-2-8-17(11-14)30(22,23)24)15-6-3-9-18(12-15)31(25,26)27;;;;;;;;;/h2*1-12H,(H,19,20,21)(H,22,23,24)(H,25,26,27);2*1H;;;;;;;/q;;;;6*+1;+2/p-8. The van der Waals surface area contributed by atoms with Crippen LogP contribution in [0.25, 0.3) is 0 Å². The molecule has 0 saturated carbocycles. The summed E-state index contributed by atoms with van der Waals surface area (Å²) in [5, 5.41) is 1.54. The first-order valence-electron chi connectivity index (χ1n) is 16.7. The third-order valence-corrected chi connectivity index (χ3v) is 17.9. The van der Waals surface area contributed by atoms with Crippen molar-refractivity contribution in [3.8, 4) is 0 Å². The molecule has 0 aliphatic rings. The van der Waals surface area contributed by atoms with Crippen LogP contribution in [0.5, 0.6) is 0 Å². The van der Waals surface area contributed by atoms with Gasteiger partial charge in [0.05, 0.1) is 29.4 Å². The van der Waals surface area contributed by atoms with Crippen molar-refractivity contribution >= 4 is 127 Å². The number of hydrogen-bond donors (Lipinski definition) is 0. The second-order valence-corrected chi connectivity index (χ2v) is 28.4. The van der Waals surface area contributed by atoms with Crippen LogP contribution in [-0.2, 0) is 77.2 Å². The van der Waals surface area contributed by atoms with Crippen LogP contribution in [0.15, 0.2) is 175 Å². The van der Waals surface area contributed by atoms with Crippen LogP contribution in [0.2, 0.25) is 0 Å². The maximum Gasteiger partial charge on any atom is 1.00 e. The smallest absolute Gasteiger partial charge is 1.00 e. The predicted molar refractivity (Wildman–Crippen MR) is 230 cm³/mol. The zero-order valence-electron chi connectivity index (χ0n) is 37.6. The SMILES string of the molecule is O=S(=O)([O-])c1cccc(P(c2cccc(S(=O)(=O)[O-])c2)c2cccc(S(=O)(=O)[O-])c2)c1.O=S(=O)([O-])c1cccc(P(c2cccc(S(=O)(=O)[O-])c2)c2cccc(S(=O)(=O)[O-])c2)c1.[Cl][Pt][Cl].[Na+].[Na+].[Na+].[Na+].[Na+].[Na+]. The maximum atomic E-state index is 11.5. The minimum Gasteiger partial charge on any atom is 1.00 e. The van der Waals surface area contributed by atoms with E-state index >= 15 is 0 Å². The molecule has 6 aromatic rings. The largest absolute Gasteiger partial charge is 1.00 e. The molecule has 0 atom stereocenters. The van der Waals surface area contributed by atoms with Crippen LogP contribution in [0.3, 0.4) is 0 Å².